The van der Waals surface area contributed by atoms with Crippen LogP contribution in [0.4, 0.5) is 10.5 Å². The number of carbonyl (C=O) groups is 2. The van der Waals surface area contributed by atoms with Gasteiger partial charge in [0.25, 0.3) is 0 Å². The normalized spacial score (nSPS) is 14.2. The highest BCUT2D eigenvalue weighted by molar-refractivity contribution is 6.37. The molecule has 36 heavy (non-hydrogen) atoms. The number of esters is 1. The topological polar surface area (TPSA) is 77.5 Å². The van der Waals surface area contributed by atoms with Gasteiger partial charge in [-0.05, 0) is 49.6 Å². The summed E-state index contributed by atoms with van der Waals surface area (Å²) in [6, 6.07) is 8.28. The van der Waals surface area contributed by atoms with E-state index in [-0.39, 0.29) is 40.9 Å². The number of halogens is 2. The molecule has 0 N–H and O–H groups in total. The summed E-state index contributed by atoms with van der Waals surface area (Å²) in [6.07, 6.45) is 0.934. The summed E-state index contributed by atoms with van der Waals surface area (Å²) in [4.78, 5) is 28.5. The second-order valence-electron chi connectivity index (χ2n) is 8.33. The summed E-state index contributed by atoms with van der Waals surface area (Å²) in [6.45, 7) is 7.51. The van der Waals surface area contributed by atoms with Gasteiger partial charge < -0.3 is 23.8 Å². The molecule has 10 heteroatoms. The third-order valence-corrected chi connectivity index (χ3v) is 6.53. The number of benzene rings is 2. The Bertz CT molecular complexity index is 1050. The maximum Gasteiger partial charge on any atom is 0.326 e. The van der Waals surface area contributed by atoms with Crippen LogP contribution in [0.5, 0.6) is 17.2 Å². The molecule has 1 aliphatic rings. The van der Waals surface area contributed by atoms with E-state index in [2.05, 4.69) is 13.8 Å². The van der Waals surface area contributed by atoms with Crippen molar-refractivity contribution in [2.45, 2.75) is 33.1 Å². The number of hydrogen-bond donors (Lipinski definition) is 0. The predicted molar refractivity (Wildman–Crippen MR) is 140 cm³/mol. The number of morpholine rings is 1. The second kappa shape index (κ2) is 13.0. The Labute approximate surface area is 221 Å². The molecular weight excluding hydrogens is 507 g/mol. The Balaban J connectivity index is 1.92. The summed E-state index contributed by atoms with van der Waals surface area (Å²) in [5.74, 6) is 1.30. The Morgan fingerprint density at radius 2 is 1.78 bits per heavy atom. The number of nitrogens with zero attached hydrogens (tertiary/aromatic N) is 2. The van der Waals surface area contributed by atoms with Crippen LogP contribution in [0.1, 0.15) is 38.7 Å². The summed E-state index contributed by atoms with van der Waals surface area (Å²) in [7, 11) is 1.63. The molecule has 2 aromatic rings. The molecule has 0 radical (unpaired) electrons. The van der Waals surface area contributed by atoms with Crippen molar-refractivity contribution >= 4 is 40.9 Å². The lowest BCUT2D eigenvalue weighted by molar-refractivity contribution is -0.141. The zero-order valence-corrected chi connectivity index (χ0v) is 22.5. The van der Waals surface area contributed by atoms with Gasteiger partial charge in [0.2, 0.25) is 0 Å². The number of amides is 2. The minimum Gasteiger partial charge on any atom is -0.496 e. The molecule has 1 heterocycles. The largest absolute Gasteiger partial charge is 0.496 e. The number of methoxy groups -OCH3 is 1. The number of rotatable bonds is 9. The van der Waals surface area contributed by atoms with E-state index in [1.54, 1.807) is 37.1 Å². The maximum absolute atomic E-state index is 13.3. The van der Waals surface area contributed by atoms with Gasteiger partial charge >= 0.3 is 12.0 Å². The first-order chi connectivity index (χ1) is 17.3. The molecule has 1 saturated heterocycles. The Morgan fingerprint density at radius 1 is 1.11 bits per heavy atom. The first kappa shape index (κ1) is 27.9. The van der Waals surface area contributed by atoms with Gasteiger partial charge in [-0.2, -0.15) is 0 Å². The fourth-order valence-electron chi connectivity index (χ4n) is 3.83. The van der Waals surface area contributed by atoms with E-state index < -0.39 is 5.97 Å². The van der Waals surface area contributed by atoms with Crippen LogP contribution >= 0.6 is 23.2 Å². The molecule has 0 bridgehead atoms. The van der Waals surface area contributed by atoms with Gasteiger partial charge in [-0.1, -0.05) is 37.0 Å². The second-order valence-corrected chi connectivity index (χ2v) is 9.14. The SMILES string of the molecule is CCOC(=O)CN(C(=O)N1CCOCC1)c1cc(Cl)c(Oc2ccc(OC)c(C(C)CC)c2)c(Cl)c1. The highest BCUT2D eigenvalue weighted by Crippen LogP contribution is 2.41. The third-order valence-electron chi connectivity index (χ3n) is 5.96. The summed E-state index contributed by atoms with van der Waals surface area (Å²) in [5, 5.41) is 0.393. The molecule has 1 atom stereocenters. The van der Waals surface area contributed by atoms with Crippen LogP contribution in [0.2, 0.25) is 10.0 Å². The first-order valence-electron chi connectivity index (χ1n) is 11.9. The van der Waals surface area contributed by atoms with Crippen molar-refractivity contribution in [3.8, 4) is 17.2 Å². The molecule has 1 unspecified atom stereocenters. The van der Waals surface area contributed by atoms with Crippen LogP contribution in [0, 0.1) is 0 Å². The van der Waals surface area contributed by atoms with E-state index in [4.69, 9.17) is 42.1 Å². The van der Waals surface area contributed by atoms with Crippen LogP contribution in [0.3, 0.4) is 0 Å². The van der Waals surface area contributed by atoms with E-state index in [9.17, 15) is 9.59 Å². The van der Waals surface area contributed by atoms with Gasteiger partial charge in [0.1, 0.15) is 18.0 Å². The highest BCUT2D eigenvalue weighted by Gasteiger charge is 2.28. The number of ether oxygens (including phenoxy) is 4. The molecule has 196 valence electrons. The monoisotopic (exact) mass is 538 g/mol. The van der Waals surface area contributed by atoms with E-state index >= 15 is 0 Å². The smallest absolute Gasteiger partial charge is 0.326 e. The van der Waals surface area contributed by atoms with Crippen LogP contribution in [0.15, 0.2) is 30.3 Å². The Hall–Kier alpha value is -2.68. The molecule has 2 amide bonds. The van der Waals surface area contributed by atoms with Gasteiger partial charge in [-0.25, -0.2) is 4.79 Å². The third kappa shape index (κ3) is 6.75. The van der Waals surface area contributed by atoms with E-state index in [1.807, 2.05) is 12.1 Å². The van der Waals surface area contributed by atoms with Crippen molar-refractivity contribution in [3.05, 3.63) is 45.9 Å². The van der Waals surface area contributed by atoms with Gasteiger partial charge in [0, 0.05) is 24.3 Å². The van der Waals surface area contributed by atoms with Gasteiger partial charge in [-0.15, -0.1) is 0 Å². The molecule has 1 fully saturated rings. The molecule has 3 rings (SSSR count). The lowest BCUT2D eigenvalue weighted by Gasteiger charge is -2.32. The average Bonchev–Trinajstić information content (AvgIpc) is 2.89. The van der Waals surface area contributed by atoms with Gasteiger partial charge in [-0.3, -0.25) is 9.69 Å². The number of hydrogen-bond acceptors (Lipinski definition) is 6. The summed E-state index contributed by atoms with van der Waals surface area (Å²) < 4.78 is 22.0. The quantitative estimate of drug-likeness (QED) is 0.357. The fraction of sp³-hybridized carbons (Fsp3) is 0.462. The first-order valence-corrected chi connectivity index (χ1v) is 12.7. The van der Waals surface area contributed by atoms with Gasteiger partial charge in [0.05, 0.1) is 37.0 Å². The standard InChI is InChI=1S/C26H32Cl2N2O6/c1-5-17(3)20-15-19(7-8-23(20)33-4)36-25-21(27)13-18(14-22(25)28)30(16-24(31)35-6-2)26(32)29-9-11-34-12-10-29/h7-8,13-15,17H,5-6,9-12,16H2,1-4H3. The van der Waals surface area contributed by atoms with E-state index in [0.717, 1.165) is 17.7 Å². The summed E-state index contributed by atoms with van der Waals surface area (Å²) in [5.41, 5.74) is 1.37. The zero-order valence-electron chi connectivity index (χ0n) is 21.0. The van der Waals surface area contributed by atoms with Crippen molar-refractivity contribution in [3.63, 3.8) is 0 Å². The maximum atomic E-state index is 13.3. The van der Waals surface area contributed by atoms with Crippen molar-refractivity contribution in [2.75, 3.05) is 51.5 Å². The van der Waals surface area contributed by atoms with E-state index in [1.165, 1.54) is 4.90 Å². The van der Waals surface area contributed by atoms with Crippen LogP contribution in [0.25, 0.3) is 0 Å². The Kier molecular flexibility index (Phi) is 10.1. The molecule has 8 nitrogen and oxygen atoms in total. The van der Waals surface area contributed by atoms with Crippen molar-refractivity contribution in [1.82, 2.24) is 4.90 Å². The lowest BCUT2D eigenvalue weighted by atomic mass is 9.97. The molecular formula is C26H32Cl2N2O6. The average molecular weight is 539 g/mol. The minimum absolute atomic E-state index is 0.196. The van der Waals surface area contributed by atoms with E-state index in [0.29, 0.717) is 37.7 Å². The van der Waals surface area contributed by atoms with Crippen LogP contribution in [-0.2, 0) is 14.3 Å². The number of anilines is 1. The van der Waals surface area contributed by atoms with Crippen molar-refractivity contribution in [2.24, 2.45) is 0 Å². The minimum atomic E-state index is -0.539. The molecule has 0 aliphatic carbocycles. The Morgan fingerprint density at radius 3 is 2.36 bits per heavy atom. The molecule has 0 spiro atoms. The molecule has 2 aromatic carbocycles. The summed E-state index contributed by atoms with van der Waals surface area (Å²) >= 11 is 13.2. The lowest BCUT2D eigenvalue weighted by Crippen LogP contribution is -2.50. The van der Waals surface area contributed by atoms with Crippen molar-refractivity contribution < 1.29 is 28.5 Å². The molecule has 1 aliphatic heterocycles. The molecule has 0 saturated carbocycles. The van der Waals surface area contributed by atoms with Gasteiger partial charge in [0.15, 0.2) is 5.75 Å². The number of carbonyl (C=O) groups excluding carboxylic acids is 2. The van der Waals surface area contributed by atoms with Crippen molar-refractivity contribution in [1.29, 1.82) is 0 Å². The fourth-order valence-corrected chi connectivity index (χ4v) is 4.38. The highest BCUT2D eigenvalue weighted by atomic mass is 35.5. The zero-order chi connectivity index (χ0) is 26.2. The number of urea groups is 1. The van der Waals surface area contributed by atoms with Crippen LogP contribution < -0.4 is 14.4 Å². The van der Waals surface area contributed by atoms with Crippen LogP contribution in [-0.4, -0.2) is 63.5 Å². The predicted octanol–water partition coefficient (Wildman–Crippen LogP) is 6.13. The molecule has 0 aromatic heterocycles.